The van der Waals surface area contributed by atoms with E-state index in [9.17, 15) is 12.8 Å². The zero-order valence-electron chi connectivity index (χ0n) is 10.6. The highest BCUT2D eigenvalue weighted by Gasteiger charge is 2.24. The van der Waals surface area contributed by atoms with E-state index < -0.39 is 15.8 Å². The summed E-state index contributed by atoms with van der Waals surface area (Å²) >= 11 is 0. The Balaban J connectivity index is 2.23. The predicted molar refractivity (Wildman–Crippen MR) is 69.5 cm³/mol. The third-order valence-corrected chi connectivity index (χ3v) is 4.93. The summed E-state index contributed by atoms with van der Waals surface area (Å²) in [5.74, 6) is -0.791. The maximum absolute atomic E-state index is 13.7. The summed E-state index contributed by atoms with van der Waals surface area (Å²) < 4.78 is 40.5. The highest BCUT2D eigenvalue weighted by molar-refractivity contribution is 7.89. The SMILES string of the molecule is O=S(=O)(NC1CCCCC1)c1cc(CO)ccc1F. The molecule has 1 saturated carbocycles. The standard InChI is InChI=1S/C13H18FNO3S/c14-12-7-6-10(9-16)8-13(12)19(17,18)15-11-4-2-1-3-5-11/h6-8,11,15-16H,1-5,9H2. The minimum atomic E-state index is -3.86. The maximum atomic E-state index is 13.7. The number of halogens is 1. The topological polar surface area (TPSA) is 66.4 Å². The molecule has 1 aromatic carbocycles. The minimum absolute atomic E-state index is 0.115. The van der Waals surface area contributed by atoms with E-state index >= 15 is 0 Å². The van der Waals surface area contributed by atoms with Crippen molar-refractivity contribution in [1.29, 1.82) is 0 Å². The lowest BCUT2D eigenvalue weighted by Crippen LogP contribution is -2.36. The van der Waals surface area contributed by atoms with Gasteiger partial charge in [-0.15, -0.1) is 0 Å². The Morgan fingerprint density at radius 2 is 1.95 bits per heavy atom. The fourth-order valence-electron chi connectivity index (χ4n) is 2.36. The summed E-state index contributed by atoms with van der Waals surface area (Å²) in [5.41, 5.74) is 0.380. The van der Waals surface area contributed by atoms with Crippen LogP contribution in [0.3, 0.4) is 0 Å². The van der Waals surface area contributed by atoms with Gasteiger partial charge in [0.1, 0.15) is 10.7 Å². The maximum Gasteiger partial charge on any atom is 0.243 e. The van der Waals surface area contributed by atoms with Gasteiger partial charge < -0.3 is 5.11 Å². The number of nitrogens with one attached hydrogen (secondary N) is 1. The molecule has 106 valence electrons. The average molecular weight is 287 g/mol. The Morgan fingerprint density at radius 1 is 1.26 bits per heavy atom. The molecule has 0 bridgehead atoms. The number of rotatable bonds is 4. The molecule has 0 amide bonds. The van der Waals surface area contributed by atoms with Crippen LogP contribution in [0.4, 0.5) is 4.39 Å². The van der Waals surface area contributed by atoms with Crippen molar-refractivity contribution in [2.45, 2.75) is 49.6 Å². The summed E-state index contributed by atoms with van der Waals surface area (Å²) in [5, 5.41) is 9.00. The largest absolute Gasteiger partial charge is 0.392 e. The molecule has 0 radical (unpaired) electrons. The van der Waals surface area contributed by atoms with Crippen molar-refractivity contribution in [3.8, 4) is 0 Å². The van der Waals surface area contributed by atoms with Crippen LogP contribution in [-0.2, 0) is 16.6 Å². The van der Waals surface area contributed by atoms with E-state index in [1.807, 2.05) is 0 Å². The second-order valence-electron chi connectivity index (χ2n) is 4.88. The summed E-state index contributed by atoms with van der Waals surface area (Å²) in [6, 6.07) is 3.51. The molecule has 0 spiro atoms. The van der Waals surface area contributed by atoms with Crippen LogP contribution >= 0.6 is 0 Å². The van der Waals surface area contributed by atoms with Gasteiger partial charge in [-0.05, 0) is 30.5 Å². The Hall–Kier alpha value is -0.980. The summed E-state index contributed by atoms with van der Waals surface area (Å²) in [4.78, 5) is -0.385. The summed E-state index contributed by atoms with van der Waals surface area (Å²) in [7, 11) is -3.86. The van der Waals surface area contributed by atoms with Gasteiger partial charge in [-0.3, -0.25) is 0 Å². The highest BCUT2D eigenvalue weighted by atomic mass is 32.2. The molecule has 6 heteroatoms. The Bertz CT molecular complexity index is 539. The first-order chi connectivity index (χ1) is 9.03. The Labute approximate surface area is 112 Å². The van der Waals surface area contributed by atoms with Crippen LogP contribution < -0.4 is 4.72 Å². The van der Waals surface area contributed by atoms with Gasteiger partial charge in [-0.25, -0.2) is 17.5 Å². The van der Waals surface area contributed by atoms with Gasteiger partial charge in [0.05, 0.1) is 6.61 Å². The van der Waals surface area contributed by atoms with Crippen LogP contribution in [0.25, 0.3) is 0 Å². The zero-order chi connectivity index (χ0) is 13.9. The number of aliphatic hydroxyl groups excluding tert-OH is 1. The quantitative estimate of drug-likeness (QED) is 0.889. The zero-order valence-corrected chi connectivity index (χ0v) is 11.4. The van der Waals surface area contributed by atoms with E-state index in [1.165, 1.54) is 12.1 Å². The Kier molecular flexibility index (Phi) is 4.54. The number of hydrogen-bond donors (Lipinski definition) is 2. The highest BCUT2D eigenvalue weighted by Crippen LogP contribution is 2.21. The van der Waals surface area contributed by atoms with Crippen molar-refractivity contribution in [2.75, 3.05) is 0 Å². The van der Waals surface area contributed by atoms with E-state index in [2.05, 4.69) is 4.72 Å². The van der Waals surface area contributed by atoms with Gasteiger partial charge in [0.15, 0.2) is 0 Å². The molecule has 0 saturated heterocycles. The molecule has 19 heavy (non-hydrogen) atoms. The smallest absolute Gasteiger partial charge is 0.243 e. The summed E-state index contributed by atoms with van der Waals surface area (Å²) in [6.07, 6.45) is 4.69. The summed E-state index contributed by atoms with van der Waals surface area (Å²) in [6.45, 7) is -0.313. The van der Waals surface area contributed by atoms with Gasteiger partial charge >= 0.3 is 0 Å². The van der Waals surface area contributed by atoms with Crippen LogP contribution in [0.5, 0.6) is 0 Å². The first-order valence-electron chi connectivity index (χ1n) is 6.44. The van der Waals surface area contributed by atoms with Crippen molar-refractivity contribution in [1.82, 2.24) is 4.72 Å². The monoisotopic (exact) mass is 287 g/mol. The van der Waals surface area contributed by atoms with E-state index in [4.69, 9.17) is 5.11 Å². The lowest BCUT2D eigenvalue weighted by Gasteiger charge is -2.22. The molecule has 2 rings (SSSR count). The van der Waals surface area contributed by atoms with E-state index in [0.717, 1.165) is 38.2 Å². The van der Waals surface area contributed by atoms with Gasteiger partial charge in [-0.1, -0.05) is 25.3 Å². The third kappa shape index (κ3) is 3.52. The number of sulfonamides is 1. The van der Waals surface area contributed by atoms with Crippen molar-refractivity contribution < 1.29 is 17.9 Å². The second kappa shape index (κ2) is 5.98. The fraction of sp³-hybridized carbons (Fsp3) is 0.538. The van der Waals surface area contributed by atoms with Crippen LogP contribution in [0.15, 0.2) is 23.1 Å². The molecule has 1 aromatic rings. The minimum Gasteiger partial charge on any atom is -0.392 e. The van der Waals surface area contributed by atoms with E-state index in [1.54, 1.807) is 0 Å². The second-order valence-corrected chi connectivity index (χ2v) is 6.56. The lowest BCUT2D eigenvalue weighted by atomic mass is 9.96. The molecular weight excluding hydrogens is 269 g/mol. The number of benzene rings is 1. The first-order valence-corrected chi connectivity index (χ1v) is 7.93. The molecule has 1 aliphatic carbocycles. The normalized spacial score (nSPS) is 17.6. The van der Waals surface area contributed by atoms with Crippen LogP contribution in [-0.4, -0.2) is 19.6 Å². The molecule has 0 heterocycles. The molecular formula is C13H18FNO3S. The first kappa shape index (κ1) is 14.4. The lowest BCUT2D eigenvalue weighted by molar-refractivity contribution is 0.281. The predicted octanol–water partition coefficient (Wildman–Crippen LogP) is 1.93. The van der Waals surface area contributed by atoms with Crippen molar-refractivity contribution in [3.63, 3.8) is 0 Å². The molecule has 1 aliphatic rings. The van der Waals surface area contributed by atoms with Crippen LogP contribution in [0, 0.1) is 5.82 Å². The van der Waals surface area contributed by atoms with Gasteiger partial charge in [0, 0.05) is 6.04 Å². The van der Waals surface area contributed by atoms with Gasteiger partial charge in [0.25, 0.3) is 0 Å². The van der Waals surface area contributed by atoms with Crippen molar-refractivity contribution in [3.05, 3.63) is 29.6 Å². The number of aliphatic hydroxyl groups is 1. The third-order valence-electron chi connectivity index (χ3n) is 3.39. The van der Waals surface area contributed by atoms with Crippen LogP contribution in [0.1, 0.15) is 37.7 Å². The average Bonchev–Trinajstić information content (AvgIpc) is 2.39. The molecule has 0 aliphatic heterocycles. The molecule has 0 atom stereocenters. The fourth-order valence-corrected chi connectivity index (χ4v) is 3.79. The molecule has 2 N–H and O–H groups in total. The van der Waals surface area contributed by atoms with E-state index in [-0.39, 0.29) is 17.5 Å². The molecule has 4 nitrogen and oxygen atoms in total. The number of hydrogen-bond acceptors (Lipinski definition) is 3. The molecule has 0 unspecified atom stereocenters. The molecule has 1 fully saturated rings. The van der Waals surface area contributed by atoms with Crippen molar-refractivity contribution in [2.24, 2.45) is 0 Å². The van der Waals surface area contributed by atoms with E-state index in [0.29, 0.717) is 5.56 Å². The van der Waals surface area contributed by atoms with Gasteiger partial charge in [0.2, 0.25) is 10.0 Å². The van der Waals surface area contributed by atoms with Gasteiger partial charge in [-0.2, -0.15) is 0 Å². The van der Waals surface area contributed by atoms with Crippen molar-refractivity contribution >= 4 is 10.0 Å². The van der Waals surface area contributed by atoms with Crippen LogP contribution in [0.2, 0.25) is 0 Å². The molecule has 0 aromatic heterocycles. The Morgan fingerprint density at radius 3 is 2.58 bits per heavy atom.